The van der Waals surface area contributed by atoms with Crippen LogP contribution < -0.4 is 4.74 Å². The Morgan fingerprint density at radius 3 is 2.55 bits per heavy atom. The second-order valence-electron chi connectivity index (χ2n) is 4.56. The van der Waals surface area contributed by atoms with Gasteiger partial charge >= 0.3 is 0 Å². The highest BCUT2D eigenvalue weighted by Crippen LogP contribution is 2.38. The van der Waals surface area contributed by atoms with Crippen molar-refractivity contribution in [2.45, 2.75) is 0 Å². The predicted octanol–water partition coefficient (Wildman–Crippen LogP) is 4.87. The molecule has 0 aliphatic carbocycles. The number of phenols is 1. The van der Waals surface area contributed by atoms with E-state index in [2.05, 4.69) is 0 Å². The summed E-state index contributed by atoms with van der Waals surface area (Å²) in [6.45, 7) is 0. The summed E-state index contributed by atoms with van der Waals surface area (Å²) in [4.78, 5) is 0. The molecule has 0 radical (unpaired) electrons. The molecule has 0 atom stereocenters. The lowest BCUT2D eigenvalue weighted by Gasteiger charge is -2.11. The van der Waals surface area contributed by atoms with Crippen LogP contribution in [0.25, 0.3) is 21.9 Å². The number of halogens is 1. The number of phenolic OH excluding ortho intramolecular Hbond substituents is 1. The Morgan fingerprint density at radius 2 is 1.75 bits per heavy atom. The fourth-order valence-corrected chi connectivity index (χ4v) is 2.58. The highest BCUT2D eigenvalue weighted by atomic mass is 35.5. The molecule has 20 heavy (non-hydrogen) atoms. The molecular formula is C17H13ClO2. The van der Waals surface area contributed by atoms with Gasteiger partial charge in [-0.3, -0.25) is 0 Å². The van der Waals surface area contributed by atoms with Crippen molar-refractivity contribution in [3.63, 3.8) is 0 Å². The van der Waals surface area contributed by atoms with E-state index in [0.29, 0.717) is 16.3 Å². The number of ether oxygens (including phenoxy) is 1. The maximum Gasteiger partial charge on any atom is 0.123 e. The van der Waals surface area contributed by atoms with Gasteiger partial charge in [-0.15, -0.1) is 0 Å². The molecule has 1 N–H and O–H groups in total. The van der Waals surface area contributed by atoms with Crippen LogP contribution in [0.3, 0.4) is 0 Å². The number of methoxy groups -OCH3 is 1. The molecule has 0 saturated carbocycles. The number of hydrogen-bond acceptors (Lipinski definition) is 2. The topological polar surface area (TPSA) is 29.5 Å². The van der Waals surface area contributed by atoms with Crippen LogP contribution in [0, 0.1) is 0 Å². The van der Waals surface area contributed by atoms with Crippen LogP contribution in [-0.4, -0.2) is 12.2 Å². The smallest absolute Gasteiger partial charge is 0.123 e. The van der Waals surface area contributed by atoms with Gasteiger partial charge < -0.3 is 9.84 Å². The number of fused-ring (bicyclic) bond motifs is 1. The molecule has 0 heterocycles. The van der Waals surface area contributed by atoms with Crippen molar-refractivity contribution in [1.29, 1.82) is 0 Å². The molecule has 0 aliphatic rings. The molecule has 2 nitrogen and oxygen atoms in total. The first-order chi connectivity index (χ1) is 9.69. The molecule has 0 aliphatic heterocycles. The number of aromatic hydroxyl groups is 1. The summed E-state index contributed by atoms with van der Waals surface area (Å²) in [5.41, 5.74) is 1.60. The van der Waals surface area contributed by atoms with Gasteiger partial charge in [0.1, 0.15) is 11.5 Å². The Labute approximate surface area is 122 Å². The number of hydrogen-bond donors (Lipinski definition) is 1. The quantitative estimate of drug-likeness (QED) is 0.727. The summed E-state index contributed by atoms with van der Waals surface area (Å²) < 4.78 is 5.23. The van der Waals surface area contributed by atoms with Gasteiger partial charge in [-0.25, -0.2) is 0 Å². The van der Waals surface area contributed by atoms with E-state index in [-0.39, 0.29) is 5.75 Å². The Morgan fingerprint density at radius 1 is 0.950 bits per heavy atom. The summed E-state index contributed by atoms with van der Waals surface area (Å²) in [7, 11) is 1.60. The first-order valence-corrected chi connectivity index (χ1v) is 6.62. The van der Waals surface area contributed by atoms with Crippen LogP contribution in [0.4, 0.5) is 0 Å². The maximum atomic E-state index is 10.1. The van der Waals surface area contributed by atoms with Crippen LogP contribution >= 0.6 is 11.6 Å². The average Bonchev–Trinajstić information content (AvgIpc) is 2.47. The molecule has 3 aromatic carbocycles. The molecule has 0 aromatic heterocycles. The van der Waals surface area contributed by atoms with Crippen LogP contribution in [-0.2, 0) is 0 Å². The van der Waals surface area contributed by atoms with Gasteiger partial charge in [-0.2, -0.15) is 0 Å². The Hall–Kier alpha value is -2.19. The highest BCUT2D eigenvalue weighted by molar-refractivity contribution is 6.32. The van der Waals surface area contributed by atoms with E-state index in [0.717, 1.165) is 16.3 Å². The SMILES string of the molecule is COc1ccc(O)c(-c2cc(Cl)cc3ccccc23)c1. The zero-order valence-corrected chi connectivity index (χ0v) is 11.7. The van der Waals surface area contributed by atoms with Crippen molar-refractivity contribution in [2.24, 2.45) is 0 Å². The molecular weight excluding hydrogens is 272 g/mol. The first kappa shape index (κ1) is 12.8. The molecule has 0 saturated heterocycles. The minimum absolute atomic E-state index is 0.207. The van der Waals surface area contributed by atoms with Crippen LogP contribution in [0.5, 0.6) is 11.5 Å². The standard InChI is InChI=1S/C17H13ClO2/c1-20-13-6-7-17(19)16(10-13)15-9-12(18)8-11-4-2-3-5-14(11)15/h2-10,19H,1H3. The second-order valence-corrected chi connectivity index (χ2v) is 4.99. The third-order valence-corrected chi connectivity index (χ3v) is 3.54. The zero-order chi connectivity index (χ0) is 14.1. The van der Waals surface area contributed by atoms with Gasteiger partial charge in [0.2, 0.25) is 0 Å². The maximum absolute atomic E-state index is 10.1. The van der Waals surface area contributed by atoms with E-state index < -0.39 is 0 Å². The average molecular weight is 285 g/mol. The number of rotatable bonds is 2. The van der Waals surface area contributed by atoms with Gasteiger partial charge in [0.05, 0.1) is 7.11 Å². The van der Waals surface area contributed by atoms with E-state index in [9.17, 15) is 5.11 Å². The van der Waals surface area contributed by atoms with Crippen molar-refractivity contribution >= 4 is 22.4 Å². The van der Waals surface area contributed by atoms with E-state index in [4.69, 9.17) is 16.3 Å². The van der Waals surface area contributed by atoms with Gasteiger partial charge in [0.25, 0.3) is 0 Å². The molecule has 0 fully saturated rings. The lowest BCUT2D eigenvalue weighted by Crippen LogP contribution is -1.86. The van der Waals surface area contributed by atoms with Gasteiger partial charge in [-0.05, 0) is 46.7 Å². The highest BCUT2D eigenvalue weighted by Gasteiger charge is 2.11. The van der Waals surface area contributed by atoms with E-state index in [1.807, 2.05) is 42.5 Å². The van der Waals surface area contributed by atoms with Crippen molar-refractivity contribution in [2.75, 3.05) is 7.11 Å². The van der Waals surface area contributed by atoms with Crippen molar-refractivity contribution in [3.8, 4) is 22.6 Å². The van der Waals surface area contributed by atoms with Crippen molar-refractivity contribution in [1.82, 2.24) is 0 Å². The fourth-order valence-electron chi connectivity index (χ4n) is 2.35. The molecule has 0 amide bonds. The Balaban J connectivity index is 2.34. The van der Waals surface area contributed by atoms with Gasteiger partial charge in [0, 0.05) is 10.6 Å². The largest absolute Gasteiger partial charge is 0.507 e. The zero-order valence-electron chi connectivity index (χ0n) is 10.9. The van der Waals surface area contributed by atoms with E-state index >= 15 is 0 Å². The van der Waals surface area contributed by atoms with Gasteiger partial charge in [0.15, 0.2) is 0 Å². The van der Waals surface area contributed by atoms with Crippen LogP contribution in [0.1, 0.15) is 0 Å². The van der Waals surface area contributed by atoms with E-state index in [1.54, 1.807) is 19.2 Å². The summed E-state index contributed by atoms with van der Waals surface area (Å²) in [6.07, 6.45) is 0. The predicted molar refractivity (Wildman–Crippen MR) is 82.6 cm³/mol. The molecule has 0 spiro atoms. The third-order valence-electron chi connectivity index (χ3n) is 3.32. The second kappa shape index (κ2) is 5.06. The minimum Gasteiger partial charge on any atom is -0.507 e. The van der Waals surface area contributed by atoms with Crippen molar-refractivity contribution < 1.29 is 9.84 Å². The minimum atomic E-state index is 0.207. The molecule has 0 unspecified atom stereocenters. The summed E-state index contributed by atoms with van der Waals surface area (Å²) >= 11 is 6.19. The lowest BCUT2D eigenvalue weighted by atomic mass is 9.97. The molecule has 3 heteroatoms. The summed E-state index contributed by atoms with van der Waals surface area (Å²) in [5.74, 6) is 0.903. The normalized spacial score (nSPS) is 10.7. The van der Waals surface area contributed by atoms with Crippen LogP contribution in [0.15, 0.2) is 54.6 Å². The summed E-state index contributed by atoms with van der Waals surface area (Å²) in [5, 5.41) is 12.9. The van der Waals surface area contributed by atoms with Crippen molar-refractivity contribution in [3.05, 3.63) is 59.6 Å². The third kappa shape index (κ3) is 2.19. The Bertz CT molecular complexity index is 781. The Kier molecular flexibility index (Phi) is 3.25. The molecule has 100 valence electrons. The molecule has 3 aromatic rings. The molecule has 3 rings (SSSR count). The first-order valence-electron chi connectivity index (χ1n) is 6.25. The number of benzene rings is 3. The molecule has 0 bridgehead atoms. The van der Waals surface area contributed by atoms with Crippen LogP contribution in [0.2, 0.25) is 5.02 Å². The lowest BCUT2D eigenvalue weighted by molar-refractivity contribution is 0.412. The van der Waals surface area contributed by atoms with Gasteiger partial charge in [-0.1, -0.05) is 35.9 Å². The monoisotopic (exact) mass is 284 g/mol. The van der Waals surface area contributed by atoms with E-state index in [1.165, 1.54) is 0 Å². The summed E-state index contributed by atoms with van der Waals surface area (Å²) in [6, 6.07) is 16.9. The fraction of sp³-hybridized carbons (Fsp3) is 0.0588.